The van der Waals surface area contributed by atoms with Crippen LogP contribution in [0.4, 0.5) is 0 Å². The minimum absolute atomic E-state index is 0.317. The zero-order valence-electron chi connectivity index (χ0n) is 11.4. The summed E-state index contributed by atoms with van der Waals surface area (Å²) in [6, 6.07) is 8.42. The smallest absolute Gasteiger partial charge is 0.110 e. The van der Waals surface area contributed by atoms with E-state index in [1.807, 2.05) is 6.20 Å². The third-order valence-corrected chi connectivity index (χ3v) is 3.90. The van der Waals surface area contributed by atoms with Crippen molar-refractivity contribution in [1.29, 1.82) is 0 Å². The standard InChI is InChI=1S/C15H20IN3/c1-10(2)7-12(8-17)15-18-9-14(19-15)11-3-5-13(16)6-4-11/h3-6,9-10,12H,7-8,17H2,1-2H3,(H,18,19). The van der Waals surface area contributed by atoms with Gasteiger partial charge in [0.1, 0.15) is 5.82 Å². The average molecular weight is 369 g/mol. The molecule has 0 aliphatic carbocycles. The lowest BCUT2D eigenvalue weighted by atomic mass is 9.97. The lowest BCUT2D eigenvalue weighted by Crippen LogP contribution is -2.15. The molecule has 19 heavy (non-hydrogen) atoms. The molecule has 1 aromatic carbocycles. The summed E-state index contributed by atoms with van der Waals surface area (Å²) in [6.07, 6.45) is 2.97. The van der Waals surface area contributed by atoms with Gasteiger partial charge in [0.25, 0.3) is 0 Å². The Kier molecular flexibility index (Phi) is 4.99. The van der Waals surface area contributed by atoms with Crippen LogP contribution >= 0.6 is 22.6 Å². The number of hydrogen-bond acceptors (Lipinski definition) is 2. The normalized spacial score (nSPS) is 12.9. The second-order valence-electron chi connectivity index (χ2n) is 5.25. The first-order valence-corrected chi connectivity index (χ1v) is 7.69. The van der Waals surface area contributed by atoms with Crippen molar-refractivity contribution in [1.82, 2.24) is 9.97 Å². The average Bonchev–Trinajstić information content (AvgIpc) is 2.86. The van der Waals surface area contributed by atoms with Crippen molar-refractivity contribution in [3.8, 4) is 11.3 Å². The highest BCUT2D eigenvalue weighted by atomic mass is 127. The number of hydrogen-bond donors (Lipinski definition) is 2. The zero-order valence-corrected chi connectivity index (χ0v) is 13.5. The minimum atomic E-state index is 0.317. The van der Waals surface area contributed by atoms with Gasteiger partial charge in [-0.3, -0.25) is 0 Å². The van der Waals surface area contributed by atoms with E-state index in [2.05, 4.69) is 70.7 Å². The Balaban J connectivity index is 2.20. The Morgan fingerprint density at radius 3 is 2.53 bits per heavy atom. The van der Waals surface area contributed by atoms with Crippen molar-refractivity contribution in [2.24, 2.45) is 11.7 Å². The summed E-state index contributed by atoms with van der Waals surface area (Å²) >= 11 is 2.31. The number of halogens is 1. The summed E-state index contributed by atoms with van der Waals surface area (Å²) in [4.78, 5) is 7.91. The molecule has 2 aromatic rings. The number of nitrogens with two attached hydrogens (primary N) is 1. The summed E-state index contributed by atoms with van der Waals surface area (Å²) in [5.74, 6) is 1.95. The molecule has 1 aromatic heterocycles. The predicted octanol–water partition coefficient (Wildman–Crippen LogP) is 3.77. The van der Waals surface area contributed by atoms with Crippen LogP contribution in [0.2, 0.25) is 0 Å². The van der Waals surface area contributed by atoms with Crippen molar-refractivity contribution in [3.63, 3.8) is 0 Å². The number of nitrogens with one attached hydrogen (secondary N) is 1. The van der Waals surface area contributed by atoms with E-state index in [1.165, 1.54) is 9.13 Å². The monoisotopic (exact) mass is 369 g/mol. The summed E-state index contributed by atoms with van der Waals surface area (Å²) < 4.78 is 1.24. The fourth-order valence-corrected chi connectivity index (χ4v) is 2.57. The minimum Gasteiger partial charge on any atom is -0.342 e. The molecule has 1 atom stereocenters. The Hall–Kier alpha value is -0.880. The van der Waals surface area contributed by atoms with E-state index in [-0.39, 0.29) is 0 Å². The molecule has 0 bridgehead atoms. The molecule has 0 aliphatic heterocycles. The van der Waals surface area contributed by atoms with Gasteiger partial charge >= 0.3 is 0 Å². The van der Waals surface area contributed by atoms with Gasteiger partial charge in [-0.25, -0.2) is 4.98 Å². The number of imidazole rings is 1. The van der Waals surface area contributed by atoms with Crippen LogP contribution in [0.1, 0.15) is 32.0 Å². The lowest BCUT2D eigenvalue weighted by Gasteiger charge is -2.14. The molecule has 102 valence electrons. The Bertz CT molecular complexity index is 516. The molecule has 4 heteroatoms. The third kappa shape index (κ3) is 3.79. The lowest BCUT2D eigenvalue weighted by molar-refractivity contribution is 0.490. The fourth-order valence-electron chi connectivity index (χ4n) is 2.21. The molecule has 0 aliphatic rings. The van der Waals surface area contributed by atoms with Crippen LogP contribution in [0.15, 0.2) is 30.5 Å². The van der Waals surface area contributed by atoms with E-state index >= 15 is 0 Å². The highest BCUT2D eigenvalue weighted by Crippen LogP contribution is 2.24. The van der Waals surface area contributed by atoms with E-state index in [9.17, 15) is 0 Å². The molecule has 0 radical (unpaired) electrons. The molecular weight excluding hydrogens is 349 g/mol. The quantitative estimate of drug-likeness (QED) is 0.789. The van der Waals surface area contributed by atoms with Crippen LogP contribution in [-0.2, 0) is 0 Å². The van der Waals surface area contributed by atoms with Crippen molar-refractivity contribution < 1.29 is 0 Å². The summed E-state index contributed by atoms with van der Waals surface area (Å²) in [6.45, 7) is 5.06. The highest BCUT2D eigenvalue weighted by molar-refractivity contribution is 14.1. The van der Waals surface area contributed by atoms with Crippen molar-refractivity contribution in [2.75, 3.05) is 6.54 Å². The van der Waals surface area contributed by atoms with Gasteiger partial charge < -0.3 is 10.7 Å². The predicted molar refractivity (Wildman–Crippen MR) is 88.0 cm³/mol. The van der Waals surface area contributed by atoms with Crippen molar-refractivity contribution in [3.05, 3.63) is 39.9 Å². The summed E-state index contributed by atoms with van der Waals surface area (Å²) in [7, 11) is 0. The first-order valence-electron chi connectivity index (χ1n) is 6.61. The number of nitrogens with zero attached hydrogens (tertiary/aromatic N) is 1. The maximum absolute atomic E-state index is 5.86. The van der Waals surface area contributed by atoms with Gasteiger partial charge in [-0.2, -0.15) is 0 Å². The van der Waals surface area contributed by atoms with E-state index < -0.39 is 0 Å². The van der Waals surface area contributed by atoms with Gasteiger partial charge in [0.05, 0.1) is 11.9 Å². The Labute approximate surface area is 128 Å². The number of H-pyrrole nitrogens is 1. The van der Waals surface area contributed by atoms with Gasteiger partial charge in [-0.1, -0.05) is 26.0 Å². The van der Waals surface area contributed by atoms with Gasteiger partial charge in [-0.05, 0) is 52.6 Å². The van der Waals surface area contributed by atoms with E-state index in [4.69, 9.17) is 5.73 Å². The van der Waals surface area contributed by atoms with Gasteiger partial charge in [0.15, 0.2) is 0 Å². The zero-order chi connectivity index (χ0) is 13.8. The molecular formula is C15H20IN3. The molecule has 1 unspecified atom stereocenters. The molecule has 1 heterocycles. The topological polar surface area (TPSA) is 54.7 Å². The van der Waals surface area contributed by atoms with Crippen molar-refractivity contribution >= 4 is 22.6 Å². The van der Waals surface area contributed by atoms with E-state index in [0.717, 1.165) is 17.9 Å². The molecule has 0 amide bonds. The maximum Gasteiger partial charge on any atom is 0.110 e. The van der Waals surface area contributed by atoms with Crippen LogP contribution in [-0.4, -0.2) is 16.5 Å². The SMILES string of the molecule is CC(C)CC(CN)c1ncc(-c2ccc(I)cc2)[nH]1. The van der Waals surface area contributed by atoms with Crippen LogP contribution in [0.5, 0.6) is 0 Å². The second kappa shape index (κ2) is 6.52. The second-order valence-corrected chi connectivity index (χ2v) is 6.50. The molecule has 3 nitrogen and oxygen atoms in total. The summed E-state index contributed by atoms with van der Waals surface area (Å²) in [5, 5.41) is 0. The molecule has 0 spiro atoms. The van der Waals surface area contributed by atoms with Crippen LogP contribution in [0.25, 0.3) is 11.3 Å². The first kappa shape index (κ1) is 14.5. The maximum atomic E-state index is 5.86. The van der Waals surface area contributed by atoms with Crippen LogP contribution < -0.4 is 5.73 Å². The van der Waals surface area contributed by atoms with Crippen LogP contribution in [0, 0.1) is 9.49 Å². The van der Waals surface area contributed by atoms with Gasteiger partial charge in [-0.15, -0.1) is 0 Å². The van der Waals surface area contributed by atoms with Gasteiger partial charge in [0, 0.05) is 16.0 Å². The van der Waals surface area contributed by atoms with Crippen molar-refractivity contribution in [2.45, 2.75) is 26.2 Å². The fraction of sp³-hybridized carbons (Fsp3) is 0.400. The number of aromatic amines is 1. The molecule has 0 fully saturated rings. The Morgan fingerprint density at radius 1 is 1.26 bits per heavy atom. The molecule has 0 saturated heterocycles. The molecule has 2 rings (SSSR count). The first-order chi connectivity index (χ1) is 9.10. The van der Waals surface area contributed by atoms with E-state index in [1.54, 1.807) is 0 Å². The summed E-state index contributed by atoms with van der Waals surface area (Å²) in [5.41, 5.74) is 8.09. The van der Waals surface area contributed by atoms with E-state index in [0.29, 0.717) is 18.4 Å². The number of benzene rings is 1. The molecule has 3 N–H and O–H groups in total. The highest BCUT2D eigenvalue weighted by Gasteiger charge is 2.15. The van der Waals surface area contributed by atoms with Gasteiger partial charge in [0.2, 0.25) is 0 Å². The number of rotatable bonds is 5. The largest absolute Gasteiger partial charge is 0.342 e. The Morgan fingerprint density at radius 2 is 1.95 bits per heavy atom. The van der Waals surface area contributed by atoms with Crippen LogP contribution in [0.3, 0.4) is 0 Å². The third-order valence-electron chi connectivity index (χ3n) is 3.18. The number of aromatic nitrogens is 2. The molecule has 0 saturated carbocycles.